The molecule has 2 heterocycles. The van der Waals surface area contributed by atoms with Crippen LogP contribution in [0.2, 0.25) is 0 Å². The van der Waals surface area contributed by atoms with E-state index in [9.17, 15) is 0 Å². The minimum absolute atomic E-state index is 0.0682. The maximum absolute atomic E-state index is 5.83. The van der Waals surface area contributed by atoms with Gasteiger partial charge in [0.1, 0.15) is 11.6 Å². The summed E-state index contributed by atoms with van der Waals surface area (Å²) < 4.78 is 5.83. The number of rotatable bonds is 1. The number of aliphatic imine (C=N–C) groups is 1. The first-order valence-electron chi connectivity index (χ1n) is 6.00. The zero-order chi connectivity index (χ0) is 10.8. The number of hydrogen-bond acceptors (Lipinski definition) is 3. The summed E-state index contributed by atoms with van der Waals surface area (Å²) in [6, 6.07) is 4.22. The van der Waals surface area contributed by atoms with Gasteiger partial charge in [0.25, 0.3) is 0 Å². The number of ether oxygens (including phenoxy) is 1. The van der Waals surface area contributed by atoms with Crippen LogP contribution in [0.5, 0.6) is 0 Å². The van der Waals surface area contributed by atoms with Gasteiger partial charge >= 0.3 is 0 Å². The fourth-order valence-electron chi connectivity index (χ4n) is 2.87. The van der Waals surface area contributed by atoms with Gasteiger partial charge in [-0.2, -0.15) is 0 Å². The Hall–Kier alpha value is -1.38. The molecule has 1 unspecified atom stereocenters. The van der Waals surface area contributed by atoms with Crippen molar-refractivity contribution < 1.29 is 4.74 Å². The van der Waals surface area contributed by atoms with E-state index in [1.165, 1.54) is 24.8 Å². The molecule has 2 aliphatic rings. The quantitative estimate of drug-likeness (QED) is 0.723. The maximum atomic E-state index is 5.83. The molecule has 0 N–H and O–H groups in total. The molecule has 1 aromatic rings. The third-order valence-electron chi connectivity index (χ3n) is 3.70. The summed E-state index contributed by atoms with van der Waals surface area (Å²) in [6.45, 7) is 0. The number of hydrogen-bond donors (Lipinski definition) is 0. The molecule has 0 aromatic carbocycles. The molecule has 1 aliphatic heterocycles. The molecule has 84 valence electrons. The fraction of sp³-hybridized carbons (Fsp3) is 0.538. The normalized spacial score (nSPS) is 26.9. The predicted octanol–water partition coefficient (Wildman–Crippen LogP) is 2.88. The van der Waals surface area contributed by atoms with Crippen molar-refractivity contribution in [2.75, 3.05) is 0 Å². The van der Waals surface area contributed by atoms with Crippen LogP contribution in [0.3, 0.4) is 0 Å². The summed E-state index contributed by atoms with van der Waals surface area (Å²) in [7, 11) is 0. The van der Waals surface area contributed by atoms with Crippen LogP contribution in [0.15, 0.2) is 29.5 Å². The SMILES string of the molecule is C1=NC(c2cccnc2)C2(CCCCC2)O1. The van der Waals surface area contributed by atoms with E-state index >= 15 is 0 Å². The number of nitrogens with zero attached hydrogens (tertiary/aromatic N) is 2. The molecule has 1 aromatic heterocycles. The van der Waals surface area contributed by atoms with Gasteiger partial charge in [-0.1, -0.05) is 12.5 Å². The molecule has 1 aliphatic carbocycles. The highest BCUT2D eigenvalue weighted by atomic mass is 16.5. The van der Waals surface area contributed by atoms with Crippen molar-refractivity contribution in [1.82, 2.24) is 4.98 Å². The average molecular weight is 216 g/mol. The minimum Gasteiger partial charge on any atom is -0.475 e. The van der Waals surface area contributed by atoms with Gasteiger partial charge in [0, 0.05) is 12.4 Å². The van der Waals surface area contributed by atoms with Crippen molar-refractivity contribution >= 4 is 6.40 Å². The van der Waals surface area contributed by atoms with Gasteiger partial charge in [0.2, 0.25) is 0 Å². The van der Waals surface area contributed by atoms with E-state index in [0.29, 0.717) is 0 Å². The molecule has 0 amide bonds. The predicted molar refractivity (Wildman–Crippen MR) is 62.4 cm³/mol. The molecule has 0 bridgehead atoms. The Morgan fingerprint density at radius 1 is 1.25 bits per heavy atom. The highest BCUT2D eigenvalue weighted by Gasteiger charge is 2.45. The molecule has 0 radical (unpaired) electrons. The van der Waals surface area contributed by atoms with Gasteiger partial charge < -0.3 is 4.74 Å². The van der Waals surface area contributed by atoms with E-state index in [4.69, 9.17) is 4.74 Å². The summed E-state index contributed by atoms with van der Waals surface area (Å²) in [5, 5.41) is 0. The van der Waals surface area contributed by atoms with E-state index in [1.807, 2.05) is 12.3 Å². The lowest BCUT2D eigenvalue weighted by Gasteiger charge is -2.36. The standard InChI is InChI=1S/C13H16N2O/c1-2-6-13(7-3-1)12(15-10-16-13)11-5-4-8-14-9-11/h4-5,8-10,12H,1-3,6-7H2. The first-order chi connectivity index (χ1) is 7.91. The summed E-state index contributed by atoms with van der Waals surface area (Å²) in [5.41, 5.74) is 1.11. The summed E-state index contributed by atoms with van der Waals surface area (Å²) in [6.07, 6.45) is 11.4. The largest absolute Gasteiger partial charge is 0.475 e. The minimum atomic E-state index is -0.0682. The topological polar surface area (TPSA) is 34.5 Å². The van der Waals surface area contributed by atoms with E-state index in [0.717, 1.165) is 12.8 Å². The van der Waals surface area contributed by atoms with Crippen LogP contribution in [0.25, 0.3) is 0 Å². The average Bonchev–Trinajstić information content (AvgIpc) is 2.75. The van der Waals surface area contributed by atoms with E-state index in [-0.39, 0.29) is 11.6 Å². The van der Waals surface area contributed by atoms with Crippen molar-refractivity contribution in [3.8, 4) is 0 Å². The molecule has 3 heteroatoms. The third-order valence-corrected chi connectivity index (χ3v) is 3.70. The fourth-order valence-corrected chi connectivity index (χ4v) is 2.87. The first kappa shape index (κ1) is 9.82. The summed E-state index contributed by atoms with van der Waals surface area (Å²) in [5.74, 6) is 0. The lowest BCUT2D eigenvalue weighted by molar-refractivity contribution is 0.0221. The van der Waals surface area contributed by atoms with Crippen molar-refractivity contribution in [3.05, 3.63) is 30.1 Å². The van der Waals surface area contributed by atoms with E-state index in [1.54, 1.807) is 12.6 Å². The summed E-state index contributed by atoms with van der Waals surface area (Å²) >= 11 is 0. The molecular weight excluding hydrogens is 200 g/mol. The Morgan fingerprint density at radius 3 is 2.88 bits per heavy atom. The zero-order valence-corrected chi connectivity index (χ0v) is 9.30. The highest BCUT2D eigenvalue weighted by Crippen LogP contribution is 2.45. The van der Waals surface area contributed by atoms with Crippen molar-refractivity contribution in [2.45, 2.75) is 43.7 Å². The molecule has 1 spiro atoms. The van der Waals surface area contributed by atoms with Crippen LogP contribution in [-0.4, -0.2) is 17.0 Å². The lowest BCUT2D eigenvalue weighted by Crippen LogP contribution is -2.36. The van der Waals surface area contributed by atoms with Gasteiger partial charge in [0.15, 0.2) is 6.40 Å². The molecule has 3 nitrogen and oxygen atoms in total. The molecule has 3 rings (SSSR count). The second-order valence-electron chi connectivity index (χ2n) is 4.69. The van der Waals surface area contributed by atoms with Crippen molar-refractivity contribution in [2.24, 2.45) is 4.99 Å². The van der Waals surface area contributed by atoms with Crippen LogP contribution in [0.1, 0.15) is 43.7 Å². The zero-order valence-electron chi connectivity index (χ0n) is 9.30. The third kappa shape index (κ3) is 1.51. The van der Waals surface area contributed by atoms with Crippen LogP contribution in [0, 0.1) is 0 Å². The van der Waals surface area contributed by atoms with Gasteiger partial charge in [-0.25, -0.2) is 4.99 Å². The molecule has 16 heavy (non-hydrogen) atoms. The van der Waals surface area contributed by atoms with Gasteiger partial charge in [-0.05, 0) is 37.3 Å². The molecule has 0 saturated heterocycles. The highest BCUT2D eigenvalue weighted by molar-refractivity contribution is 5.52. The molecule has 1 atom stereocenters. The van der Waals surface area contributed by atoms with Crippen molar-refractivity contribution in [3.63, 3.8) is 0 Å². The second-order valence-corrected chi connectivity index (χ2v) is 4.69. The smallest absolute Gasteiger partial charge is 0.171 e. The van der Waals surface area contributed by atoms with Gasteiger partial charge in [-0.15, -0.1) is 0 Å². The molecule has 1 fully saturated rings. The Labute approximate surface area is 95.6 Å². The Balaban J connectivity index is 1.91. The van der Waals surface area contributed by atoms with Crippen LogP contribution in [0.4, 0.5) is 0 Å². The Morgan fingerprint density at radius 2 is 2.12 bits per heavy atom. The second kappa shape index (κ2) is 3.89. The summed E-state index contributed by atoms with van der Waals surface area (Å²) in [4.78, 5) is 8.67. The van der Waals surface area contributed by atoms with Crippen molar-refractivity contribution in [1.29, 1.82) is 0 Å². The van der Waals surface area contributed by atoms with Gasteiger partial charge in [0.05, 0.1) is 0 Å². The number of aromatic nitrogens is 1. The van der Waals surface area contributed by atoms with E-state index in [2.05, 4.69) is 16.0 Å². The first-order valence-corrected chi connectivity index (χ1v) is 6.00. The lowest BCUT2D eigenvalue weighted by atomic mass is 9.77. The van der Waals surface area contributed by atoms with Crippen LogP contribution < -0.4 is 0 Å². The Bertz CT molecular complexity index is 382. The Kier molecular flexibility index (Phi) is 2.39. The van der Waals surface area contributed by atoms with Gasteiger partial charge in [-0.3, -0.25) is 4.98 Å². The maximum Gasteiger partial charge on any atom is 0.171 e. The van der Waals surface area contributed by atoms with E-state index < -0.39 is 0 Å². The van der Waals surface area contributed by atoms with Crippen LogP contribution in [-0.2, 0) is 4.74 Å². The number of pyridine rings is 1. The monoisotopic (exact) mass is 216 g/mol. The molecule has 1 saturated carbocycles. The molecular formula is C13H16N2O. The van der Waals surface area contributed by atoms with Crippen LogP contribution >= 0.6 is 0 Å².